The van der Waals surface area contributed by atoms with Gasteiger partial charge in [0.05, 0.1) is 0 Å². The highest BCUT2D eigenvalue weighted by molar-refractivity contribution is 5.84. The normalized spacial score (nSPS) is 10.9. The molecule has 4 heteroatoms. The van der Waals surface area contributed by atoms with E-state index in [0.29, 0.717) is 17.3 Å². The zero-order valence-electron chi connectivity index (χ0n) is 12.6. The fourth-order valence-electron chi connectivity index (χ4n) is 2.49. The summed E-state index contributed by atoms with van der Waals surface area (Å²) in [6, 6.07) is 20.1. The fraction of sp³-hybridized carbons (Fsp3) is 0. The highest BCUT2D eigenvalue weighted by Gasteiger charge is 2.08. The number of benzene rings is 3. The number of halogens is 1. The van der Waals surface area contributed by atoms with Gasteiger partial charge in [-0.2, -0.15) is 0 Å². The summed E-state index contributed by atoms with van der Waals surface area (Å²) in [6.07, 6.45) is 0. The van der Waals surface area contributed by atoms with Gasteiger partial charge in [0.25, 0.3) is 0 Å². The molecule has 3 aromatic carbocycles. The van der Waals surface area contributed by atoms with Crippen LogP contribution in [0, 0.1) is 5.82 Å². The highest BCUT2D eigenvalue weighted by atomic mass is 19.1. The molecule has 0 aliphatic rings. The van der Waals surface area contributed by atoms with Crippen molar-refractivity contribution in [3.05, 3.63) is 78.6 Å². The Bertz CT molecular complexity index is 986. The van der Waals surface area contributed by atoms with Crippen LogP contribution in [0.1, 0.15) is 0 Å². The molecular weight excluding hydrogens is 307 g/mol. The molecule has 0 atom stereocenters. The van der Waals surface area contributed by atoms with Crippen LogP contribution in [0.3, 0.4) is 0 Å². The second-order valence-corrected chi connectivity index (χ2v) is 5.41. The molecule has 0 spiro atoms. The van der Waals surface area contributed by atoms with E-state index < -0.39 is 0 Å². The van der Waals surface area contributed by atoms with E-state index in [9.17, 15) is 9.50 Å². The third kappa shape index (κ3) is 2.82. The van der Waals surface area contributed by atoms with Crippen molar-refractivity contribution in [1.82, 2.24) is 0 Å². The number of hydrogen-bond acceptors (Lipinski definition) is 3. The molecule has 0 aliphatic carbocycles. The molecule has 3 nitrogen and oxygen atoms in total. The maximum atomic E-state index is 12.9. The standard InChI is InChI=1S/C20H13FO3/c21-15-3-7-17(8-4-15)23-18-9-10-19-14(11-18)12-20(24-19)13-1-5-16(22)6-2-13/h1-12,22H. The molecule has 0 saturated heterocycles. The smallest absolute Gasteiger partial charge is 0.135 e. The van der Waals surface area contributed by atoms with Crippen LogP contribution in [0.4, 0.5) is 4.39 Å². The first-order valence-electron chi connectivity index (χ1n) is 7.44. The average molecular weight is 320 g/mol. The molecule has 0 radical (unpaired) electrons. The molecule has 0 unspecified atom stereocenters. The molecule has 0 saturated carbocycles. The minimum Gasteiger partial charge on any atom is -0.508 e. The van der Waals surface area contributed by atoms with E-state index in [-0.39, 0.29) is 11.6 Å². The van der Waals surface area contributed by atoms with Crippen molar-refractivity contribution >= 4 is 11.0 Å². The van der Waals surface area contributed by atoms with E-state index >= 15 is 0 Å². The largest absolute Gasteiger partial charge is 0.508 e. The minimum absolute atomic E-state index is 0.213. The maximum Gasteiger partial charge on any atom is 0.135 e. The summed E-state index contributed by atoms with van der Waals surface area (Å²) >= 11 is 0. The summed E-state index contributed by atoms with van der Waals surface area (Å²) in [5, 5.41) is 10.3. The van der Waals surface area contributed by atoms with Crippen LogP contribution >= 0.6 is 0 Å². The Hall–Kier alpha value is -3.27. The number of aromatic hydroxyl groups is 1. The van der Waals surface area contributed by atoms with Gasteiger partial charge in [0.1, 0.15) is 34.4 Å². The van der Waals surface area contributed by atoms with Crippen molar-refractivity contribution in [3.63, 3.8) is 0 Å². The highest BCUT2D eigenvalue weighted by Crippen LogP contribution is 2.32. The molecule has 1 aromatic heterocycles. The fourth-order valence-corrected chi connectivity index (χ4v) is 2.49. The summed E-state index contributed by atoms with van der Waals surface area (Å²) in [5.74, 6) is 1.84. The molecule has 1 heterocycles. The molecule has 0 aliphatic heterocycles. The molecule has 4 aromatic rings. The number of ether oxygens (including phenoxy) is 1. The Labute approximate surface area is 137 Å². The number of phenols is 1. The Balaban J connectivity index is 1.65. The van der Waals surface area contributed by atoms with Gasteiger partial charge in [-0.1, -0.05) is 0 Å². The van der Waals surface area contributed by atoms with Crippen LogP contribution in [0.25, 0.3) is 22.3 Å². The third-order valence-electron chi connectivity index (χ3n) is 3.69. The third-order valence-corrected chi connectivity index (χ3v) is 3.69. The van der Waals surface area contributed by atoms with Gasteiger partial charge < -0.3 is 14.3 Å². The quantitative estimate of drug-likeness (QED) is 0.523. The van der Waals surface area contributed by atoms with Gasteiger partial charge in [-0.05, 0) is 72.8 Å². The number of rotatable bonds is 3. The average Bonchev–Trinajstić information content (AvgIpc) is 3.01. The van der Waals surface area contributed by atoms with Crippen molar-refractivity contribution in [3.8, 4) is 28.6 Å². The zero-order valence-corrected chi connectivity index (χ0v) is 12.6. The number of phenolic OH excluding ortho intramolecular Hbond substituents is 1. The lowest BCUT2D eigenvalue weighted by Crippen LogP contribution is -1.83. The summed E-state index contributed by atoms with van der Waals surface area (Å²) in [6.45, 7) is 0. The van der Waals surface area contributed by atoms with E-state index in [1.807, 2.05) is 18.2 Å². The van der Waals surface area contributed by atoms with Crippen molar-refractivity contribution in [2.45, 2.75) is 0 Å². The lowest BCUT2D eigenvalue weighted by Gasteiger charge is -2.05. The van der Waals surface area contributed by atoms with Gasteiger partial charge in [0.2, 0.25) is 0 Å². The van der Waals surface area contributed by atoms with Gasteiger partial charge in [-0.15, -0.1) is 0 Å². The predicted molar refractivity (Wildman–Crippen MR) is 89.8 cm³/mol. The first-order valence-corrected chi connectivity index (χ1v) is 7.44. The lowest BCUT2D eigenvalue weighted by atomic mass is 10.1. The monoisotopic (exact) mass is 320 g/mol. The van der Waals surface area contributed by atoms with Crippen molar-refractivity contribution in [1.29, 1.82) is 0 Å². The van der Waals surface area contributed by atoms with E-state index in [2.05, 4.69) is 0 Å². The summed E-state index contributed by atoms with van der Waals surface area (Å²) in [7, 11) is 0. The first kappa shape index (κ1) is 14.3. The molecule has 0 bridgehead atoms. The molecule has 24 heavy (non-hydrogen) atoms. The second kappa shape index (κ2) is 5.74. The van der Waals surface area contributed by atoms with Crippen LogP contribution in [0.5, 0.6) is 17.2 Å². The van der Waals surface area contributed by atoms with Crippen molar-refractivity contribution in [2.24, 2.45) is 0 Å². The number of furan rings is 1. The maximum absolute atomic E-state index is 12.9. The van der Waals surface area contributed by atoms with E-state index in [1.54, 1.807) is 42.5 Å². The van der Waals surface area contributed by atoms with E-state index in [4.69, 9.17) is 9.15 Å². The number of fused-ring (bicyclic) bond motifs is 1. The zero-order chi connectivity index (χ0) is 16.5. The van der Waals surface area contributed by atoms with Gasteiger partial charge in [-0.3, -0.25) is 0 Å². The predicted octanol–water partition coefficient (Wildman–Crippen LogP) is 5.74. The molecule has 0 fully saturated rings. The van der Waals surface area contributed by atoms with Crippen LogP contribution in [0.15, 0.2) is 77.2 Å². The Kier molecular flexibility index (Phi) is 3.43. The Morgan fingerprint density at radius 1 is 0.792 bits per heavy atom. The van der Waals surface area contributed by atoms with Crippen LogP contribution < -0.4 is 4.74 Å². The van der Waals surface area contributed by atoms with Crippen LogP contribution in [-0.2, 0) is 0 Å². The lowest BCUT2D eigenvalue weighted by molar-refractivity contribution is 0.475. The van der Waals surface area contributed by atoms with Crippen LogP contribution in [0.2, 0.25) is 0 Å². The summed E-state index contributed by atoms with van der Waals surface area (Å²) in [5.41, 5.74) is 1.62. The molecule has 4 rings (SSSR count). The van der Waals surface area contributed by atoms with Crippen molar-refractivity contribution < 1.29 is 18.7 Å². The summed E-state index contributed by atoms with van der Waals surface area (Å²) < 4.78 is 24.5. The van der Waals surface area contributed by atoms with Gasteiger partial charge >= 0.3 is 0 Å². The Morgan fingerprint density at radius 2 is 1.50 bits per heavy atom. The number of hydrogen-bond donors (Lipinski definition) is 1. The molecular formula is C20H13FO3. The van der Waals surface area contributed by atoms with Crippen molar-refractivity contribution in [2.75, 3.05) is 0 Å². The van der Waals surface area contributed by atoms with Gasteiger partial charge in [-0.25, -0.2) is 4.39 Å². The topological polar surface area (TPSA) is 42.6 Å². The summed E-state index contributed by atoms with van der Waals surface area (Å²) in [4.78, 5) is 0. The Morgan fingerprint density at radius 3 is 2.25 bits per heavy atom. The molecule has 118 valence electrons. The SMILES string of the molecule is Oc1ccc(-c2cc3cc(Oc4ccc(F)cc4)ccc3o2)cc1. The minimum atomic E-state index is -0.300. The molecule has 1 N–H and O–H groups in total. The van der Waals surface area contributed by atoms with Gasteiger partial charge in [0.15, 0.2) is 0 Å². The van der Waals surface area contributed by atoms with Crippen LogP contribution in [-0.4, -0.2) is 5.11 Å². The van der Waals surface area contributed by atoms with E-state index in [1.165, 1.54) is 12.1 Å². The second-order valence-electron chi connectivity index (χ2n) is 5.41. The van der Waals surface area contributed by atoms with Gasteiger partial charge in [0, 0.05) is 10.9 Å². The first-order chi connectivity index (χ1) is 11.7. The van der Waals surface area contributed by atoms with E-state index in [0.717, 1.165) is 16.5 Å². The molecule has 0 amide bonds.